The number of H-pyrrole nitrogens is 1. The first kappa shape index (κ1) is 20.9. The second-order valence-corrected chi connectivity index (χ2v) is 8.26. The molecular weight excluding hydrogens is 436 g/mol. The Bertz CT molecular complexity index is 1360. The van der Waals surface area contributed by atoms with Gasteiger partial charge in [0.05, 0.1) is 5.52 Å². The third-order valence-electron chi connectivity index (χ3n) is 5.12. The molecule has 33 heavy (non-hydrogen) atoms. The molecule has 8 nitrogen and oxygen atoms in total. The van der Waals surface area contributed by atoms with E-state index in [1.165, 1.54) is 17.1 Å². The van der Waals surface area contributed by atoms with Crippen LogP contribution in [0.2, 0.25) is 0 Å². The summed E-state index contributed by atoms with van der Waals surface area (Å²) in [6, 6.07) is 17.8. The lowest BCUT2D eigenvalue weighted by atomic mass is 10.1. The molecule has 3 heterocycles. The smallest absolute Gasteiger partial charge is 0.234 e. The van der Waals surface area contributed by atoms with E-state index in [1.807, 2.05) is 42.5 Å². The lowest BCUT2D eigenvalue weighted by Gasteiger charge is -2.12. The van der Waals surface area contributed by atoms with Crippen molar-refractivity contribution in [2.45, 2.75) is 20.1 Å². The molecule has 5 rings (SSSR count). The van der Waals surface area contributed by atoms with E-state index >= 15 is 0 Å². The average Bonchev–Trinajstić information content (AvgIpc) is 3.49. The highest BCUT2D eigenvalue weighted by molar-refractivity contribution is 7.05. The maximum absolute atomic E-state index is 6.15. The minimum atomic E-state index is 0.307. The van der Waals surface area contributed by atoms with Crippen LogP contribution in [0.4, 0.5) is 5.95 Å². The monoisotopic (exact) mass is 458 g/mol. The number of hydrogen-bond donors (Lipinski definition) is 2. The van der Waals surface area contributed by atoms with Gasteiger partial charge in [0.15, 0.2) is 10.7 Å². The molecule has 5 aromatic rings. The van der Waals surface area contributed by atoms with Gasteiger partial charge in [-0.25, -0.2) is 15.0 Å². The lowest BCUT2D eigenvalue weighted by molar-refractivity contribution is 0.289. The van der Waals surface area contributed by atoms with E-state index in [2.05, 4.69) is 48.7 Å². The molecule has 0 bridgehead atoms. The first-order valence-corrected chi connectivity index (χ1v) is 11.2. The second-order valence-electron chi connectivity index (χ2n) is 7.42. The van der Waals surface area contributed by atoms with E-state index < -0.39 is 0 Å². The largest absolute Gasteiger partial charge is 0.489 e. The number of fused-ring (bicyclic) bond motifs is 1. The van der Waals surface area contributed by atoms with Crippen molar-refractivity contribution in [2.75, 3.05) is 12.4 Å². The Balaban J connectivity index is 1.44. The SMILES string of the molecule is CNc1nsc(COc2cc(OCc3ccccc3C)cc(-c3nc4ncccc4[nH]3)c2)n1. The quantitative estimate of drug-likeness (QED) is 0.338. The molecule has 2 aromatic carbocycles. The van der Waals surface area contributed by atoms with Gasteiger partial charge in [-0.1, -0.05) is 24.3 Å². The van der Waals surface area contributed by atoms with Crippen LogP contribution >= 0.6 is 11.5 Å². The molecule has 0 amide bonds. The van der Waals surface area contributed by atoms with Crippen LogP contribution in [0.1, 0.15) is 16.1 Å². The molecule has 0 atom stereocenters. The van der Waals surface area contributed by atoms with Gasteiger partial charge in [0.2, 0.25) is 5.95 Å². The molecule has 0 aliphatic carbocycles. The number of aromatic amines is 1. The Morgan fingerprint density at radius 1 is 0.970 bits per heavy atom. The van der Waals surface area contributed by atoms with Crippen molar-refractivity contribution < 1.29 is 9.47 Å². The van der Waals surface area contributed by atoms with Gasteiger partial charge < -0.3 is 19.8 Å². The fourth-order valence-corrected chi connectivity index (χ4v) is 3.91. The van der Waals surface area contributed by atoms with Crippen LogP contribution in [0.3, 0.4) is 0 Å². The summed E-state index contributed by atoms with van der Waals surface area (Å²) in [7, 11) is 1.79. The zero-order valence-electron chi connectivity index (χ0n) is 18.2. The standard InChI is InChI=1S/C24H22N6O2S/c1-15-6-3-4-7-16(15)13-31-18-10-17(22-27-20-8-5-9-26-23(20)29-22)11-19(12-18)32-14-21-28-24(25-2)30-33-21/h3-12H,13-14H2,1-2H3,(H,25,30)(H,26,27,29). The summed E-state index contributed by atoms with van der Waals surface area (Å²) in [6.45, 7) is 2.84. The van der Waals surface area contributed by atoms with Crippen molar-refractivity contribution in [3.8, 4) is 22.9 Å². The number of pyridine rings is 1. The molecule has 0 fully saturated rings. The van der Waals surface area contributed by atoms with Crippen molar-refractivity contribution in [2.24, 2.45) is 0 Å². The normalized spacial score (nSPS) is 11.0. The highest BCUT2D eigenvalue weighted by Gasteiger charge is 2.12. The molecule has 9 heteroatoms. The van der Waals surface area contributed by atoms with Crippen LogP contribution < -0.4 is 14.8 Å². The molecule has 0 saturated carbocycles. The predicted octanol–water partition coefficient (Wildman–Crippen LogP) is 4.98. The van der Waals surface area contributed by atoms with Crippen LogP contribution in [0.5, 0.6) is 11.5 Å². The zero-order valence-corrected chi connectivity index (χ0v) is 19.0. The van der Waals surface area contributed by atoms with Gasteiger partial charge in [0, 0.05) is 24.9 Å². The van der Waals surface area contributed by atoms with Gasteiger partial charge >= 0.3 is 0 Å². The summed E-state index contributed by atoms with van der Waals surface area (Å²) in [5.41, 5.74) is 4.69. The van der Waals surface area contributed by atoms with E-state index in [9.17, 15) is 0 Å². The number of hydrogen-bond acceptors (Lipinski definition) is 8. The molecule has 3 aromatic heterocycles. The topological polar surface area (TPSA) is 97.8 Å². The molecule has 0 aliphatic rings. The molecular formula is C24H22N6O2S. The fourth-order valence-electron chi connectivity index (χ4n) is 3.35. The Morgan fingerprint density at radius 3 is 2.55 bits per heavy atom. The van der Waals surface area contributed by atoms with E-state index in [-0.39, 0.29) is 0 Å². The number of aromatic nitrogens is 5. The van der Waals surface area contributed by atoms with Crippen LogP contribution in [0.25, 0.3) is 22.6 Å². The Morgan fingerprint density at radius 2 is 1.79 bits per heavy atom. The number of benzene rings is 2. The highest BCUT2D eigenvalue weighted by Crippen LogP contribution is 2.31. The molecule has 0 unspecified atom stereocenters. The molecule has 0 saturated heterocycles. The van der Waals surface area contributed by atoms with Gasteiger partial charge in [0.1, 0.15) is 30.5 Å². The number of rotatable bonds is 8. The lowest BCUT2D eigenvalue weighted by Crippen LogP contribution is -2.00. The van der Waals surface area contributed by atoms with Crippen LogP contribution in [-0.4, -0.2) is 31.4 Å². The summed E-state index contributed by atoms with van der Waals surface area (Å²) in [6.07, 6.45) is 1.73. The average molecular weight is 459 g/mol. The summed E-state index contributed by atoms with van der Waals surface area (Å²) < 4.78 is 16.4. The number of imidazole rings is 1. The third kappa shape index (κ3) is 4.78. The van der Waals surface area contributed by atoms with Crippen molar-refractivity contribution in [3.63, 3.8) is 0 Å². The van der Waals surface area contributed by atoms with E-state index in [1.54, 1.807) is 13.2 Å². The van der Waals surface area contributed by atoms with Gasteiger partial charge in [-0.2, -0.15) is 4.37 Å². The maximum atomic E-state index is 6.15. The number of nitrogens with one attached hydrogen (secondary N) is 2. The first-order chi connectivity index (χ1) is 16.2. The summed E-state index contributed by atoms with van der Waals surface area (Å²) in [5.74, 6) is 2.63. The minimum Gasteiger partial charge on any atom is -0.489 e. The van der Waals surface area contributed by atoms with Crippen molar-refractivity contribution in [3.05, 3.63) is 76.9 Å². The number of ether oxygens (including phenoxy) is 2. The molecule has 0 aliphatic heterocycles. The van der Waals surface area contributed by atoms with Crippen molar-refractivity contribution >= 4 is 28.6 Å². The maximum Gasteiger partial charge on any atom is 0.234 e. The second kappa shape index (κ2) is 9.25. The Hall–Kier alpha value is -3.98. The van der Waals surface area contributed by atoms with E-state index in [0.29, 0.717) is 42.1 Å². The van der Waals surface area contributed by atoms with E-state index in [4.69, 9.17) is 9.47 Å². The first-order valence-electron chi connectivity index (χ1n) is 10.4. The Kier molecular flexibility index (Phi) is 5.86. The molecule has 166 valence electrons. The molecule has 0 spiro atoms. The van der Waals surface area contributed by atoms with Crippen LogP contribution in [0.15, 0.2) is 60.8 Å². The number of anilines is 1. The Labute approximate surface area is 194 Å². The van der Waals surface area contributed by atoms with Gasteiger partial charge in [-0.05, 0) is 53.8 Å². The minimum absolute atomic E-state index is 0.307. The number of nitrogens with zero attached hydrogens (tertiary/aromatic N) is 4. The van der Waals surface area contributed by atoms with E-state index in [0.717, 1.165) is 21.7 Å². The van der Waals surface area contributed by atoms with Crippen molar-refractivity contribution in [1.29, 1.82) is 0 Å². The number of aryl methyl sites for hydroxylation is 1. The zero-order chi connectivity index (χ0) is 22.6. The van der Waals surface area contributed by atoms with Gasteiger partial charge in [0.25, 0.3) is 0 Å². The third-order valence-corrected chi connectivity index (χ3v) is 5.80. The fraction of sp³-hybridized carbons (Fsp3) is 0.167. The predicted molar refractivity (Wildman–Crippen MR) is 129 cm³/mol. The van der Waals surface area contributed by atoms with Crippen LogP contribution in [-0.2, 0) is 13.2 Å². The summed E-state index contributed by atoms with van der Waals surface area (Å²) in [4.78, 5) is 16.6. The highest BCUT2D eigenvalue weighted by atomic mass is 32.1. The van der Waals surface area contributed by atoms with Crippen LogP contribution in [0, 0.1) is 6.92 Å². The van der Waals surface area contributed by atoms with Gasteiger partial charge in [-0.3, -0.25) is 0 Å². The molecule has 0 radical (unpaired) electrons. The van der Waals surface area contributed by atoms with Crippen molar-refractivity contribution in [1.82, 2.24) is 24.3 Å². The molecule has 2 N–H and O–H groups in total. The summed E-state index contributed by atoms with van der Waals surface area (Å²) >= 11 is 1.30. The summed E-state index contributed by atoms with van der Waals surface area (Å²) in [5, 5.41) is 3.71. The van der Waals surface area contributed by atoms with Gasteiger partial charge in [-0.15, -0.1) is 0 Å².